The van der Waals surface area contributed by atoms with Gasteiger partial charge in [0.25, 0.3) is 5.91 Å². The SMILES string of the molecule is CCc1nc(NC(=O)c2n[nH]c(CC)c2N)sc1C. The topological polar surface area (TPSA) is 96.7 Å². The monoisotopic (exact) mass is 279 g/mol. The molecule has 0 aliphatic heterocycles. The summed E-state index contributed by atoms with van der Waals surface area (Å²) >= 11 is 1.46. The Kier molecular flexibility index (Phi) is 3.84. The van der Waals surface area contributed by atoms with Crippen molar-refractivity contribution in [3.05, 3.63) is 22.0 Å². The first-order valence-corrected chi connectivity index (χ1v) is 6.98. The van der Waals surface area contributed by atoms with E-state index < -0.39 is 0 Å². The van der Waals surface area contributed by atoms with Crippen LogP contribution in [0.25, 0.3) is 0 Å². The summed E-state index contributed by atoms with van der Waals surface area (Å²) in [6, 6.07) is 0. The van der Waals surface area contributed by atoms with Gasteiger partial charge in [0.2, 0.25) is 0 Å². The number of anilines is 2. The van der Waals surface area contributed by atoms with Gasteiger partial charge in [-0.2, -0.15) is 5.10 Å². The minimum absolute atomic E-state index is 0.225. The van der Waals surface area contributed by atoms with Gasteiger partial charge in [-0.25, -0.2) is 4.98 Å². The van der Waals surface area contributed by atoms with E-state index in [-0.39, 0.29) is 11.6 Å². The molecule has 0 atom stereocenters. The number of H-pyrrole nitrogens is 1. The minimum atomic E-state index is -0.329. The quantitative estimate of drug-likeness (QED) is 0.798. The molecule has 0 saturated heterocycles. The average molecular weight is 279 g/mol. The highest BCUT2D eigenvalue weighted by molar-refractivity contribution is 7.15. The maximum Gasteiger partial charge on any atom is 0.280 e. The number of aromatic nitrogens is 3. The Hall–Kier alpha value is -1.89. The average Bonchev–Trinajstić information content (AvgIpc) is 2.92. The number of carbonyl (C=O) groups is 1. The second-order valence-electron chi connectivity index (χ2n) is 4.15. The van der Waals surface area contributed by atoms with Crippen molar-refractivity contribution in [2.75, 3.05) is 11.1 Å². The molecule has 102 valence electrons. The standard InChI is InChI=1S/C12H17N5OS/c1-4-7-6(3)19-12(14-7)15-11(18)10-9(13)8(5-2)16-17-10/h4-5,13H2,1-3H3,(H,16,17)(H,14,15,18). The fraction of sp³-hybridized carbons (Fsp3) is 0.417. The summed E-state index contributed by atoms with van der Waals surface area (Å²) in [4.78, 5) is 17.5. The summed E-state index contributed by atoms with van der Waals surface area (Å²) in [6.07, 6.45) is 1.56. The molecule has 0 spiro atoms. The number of nitrogens with zero attached hydrogens (tertiary/aromatic N) is 2. The van der Waals surface area contributed by atoms with Crippen LogP contribution in [-0.4, -0.2) is 21.1 Å². The Morgan fingerprint density at radius 3 is 2.68 bits per heavy atom. The lowest BCUT2D eigenvalue weighted by Crippen LogP contribution is -2.14. The molecular weight excluding hydrogens is 262 g/mol. The summed E-state index contributed by atoms with van der Waals surface area (Å²) in [6.45, 7) is 5.97. The summed E-state index contributed by atoms with van der Waals surface area (Å²) in [5.41, 5.74) is 8.27. The fourth-order valence-corrected chi connectivity index (χ4v) is 2.69. The third-order valence-corrected chi connectivity index (χ3v) is 3.83. The molecular formula is C12H17N5OS. The number of carbonyl (C=O) groups excluding carboxylic acids is 1. The lowest BCUT2D eigenvalue weighted by atomic mass is 10.2. The first-order valence-electron chi connectivity index (χ1n) is 6.17. The van der Waals surface area contributed by atoms with Crippen LogP contribution in [-0.2, 0) is 12.8 Å². The molecule has 0 aromatic carbocycles. The van der Waals surface area contributed by atoms with Crippen molar-refractivity contribution in [3.63, 3.8) is 0 Å². The van der Waals surface area contributed by atoms with E-state index in [4.69, 9.17) is 5.73 Å². The van der Waals surface area contributed by atoms with Gasteiger partial charge in [-0.05, 0) is 19.8 Å². The molecule has 0 aliphatic rings. The van der Waals surface area contributed by atoms with Gasteiger partial charge < -0.3 is 5.73 Å². The zero-order valence-electron chi connectivity index (χ0n) is 11.2. The molecule has 6 nitrogen and oxygen atoms in total. The molecule has 0 saturated carbocycles. The lowest BCUT2D eigenvalue weighted by Gasteiger charge is -1.99. The summed E-state index contributed by atoms with van der Waals surface area (Å²) in [7, 11) is 0. The van der Waals surface area contributed by atoms with Crippen molar-refractivity contribution < 1.29 is 4.79 Å². The second-order valence-corrected chi connectivity index (χ2v) is 5.35. The number of aryl methyl sites for hydroxylation is 3. The smallest absolute Gasteiger partial charge is 0.280 e. The Bertz CT molecular complexity index is 601. The predicted octanol–water partition coefficient (Wildman–Crippen LogP) is 2.13. The number of thiazole rings is 1. The molecule has 0 aliphatic carbocycles. The van der Waals surface area contributed by atoms with E-state index in [9.17, 15) is 4.79 Å². The number of amides is 1. The van der Waals surface area contributed by atoms with Crippen molar-refractivity contribution >= 4 is 28.1 Å². The molecule has 2 aromatic heterocycles. The summed E-state index contributed by atoms with van der Waals surface area (Å²) in [5.74, 6) is -0.329. The number of nitrogen functional groups attached to an aromatic ring is 1. The maximum absolute atomic E-state index is 12.1. The third kappa shape index (κ3) is 2.60. The van der Waals surface area contributed by atoms with Gasteiger partial charge in [-0.3, -0.25) is 15.2 Å². The Morgan fingerprint density at radius 2 is 2.16 bits per heavy atom. The Labute approximate surface area is 115 Å². The van der Waals surface area contributed by atoms with Crippen LogP contribution < -0.4 is 11.1 Å². The first kappa shape index (κ1) is 13.5. The number of aromatic amines is 1. The van der Waals surface area contributed by atoms with Gasteiger partial charge in [0.1, 0.15) is 0 Å². The second kappa shape index (κ2) is 5.40. The van der Waals surface area contributed by atoms with Crippen LogP contribution in [0, 0.1) is 6.92 Å². The normalized spacial score (nSPS) is 10.7. The molecule has 4 N–H and O–H groups in total. The Balaban J connectivity index is 2.18. The van der Waals surface area contributed by atoms with Crippen molar-refractivity contribution in [2.45, 2.75) is 33.6 Å². The summed E-state index contributed by atoms with van der Waals surface area (Å²) < 4.78 is 0. The van der Waals surface area contributed by atoms with Gasteiger partial charge in [0.05, 0.1) is 17.1 Å². The van der Waals surface area contributed by atoms with Crippen LogP contribution in [0.2, 0.25) is 0 Å². The van der Waals surface area contributed by atoms with E-state index in [0.29, 0.717) is 17.2 Å². The summed E-state index contributed by atoms with van der Waals surface area (Å²) in [5, 5.41) is 10.0. The first-order chi connectivity index (χ1) is 9.06. The molecule has 2 rings (SSSR count). The molecule has 2 aromatic rings. The highest BCUT2D eigenvalue weighted by Crippen LogP contribution is 2.23. The van der Waals surface area contributed by atoms with Gasteiger partial charge in [-0.1, -0.05) is 13.8 Å². The van der Waals surface area contributed by atoms with Gasteiger partial charge >= 0.3 is 0 Å². The zero-order valence-corrected chi connectivity index (χ0v) is 12.0. The van der Waals surface area contributed by atoms with Crippen LogP contribution in [0.15, 0.2) is 0 Å². The van der Waals surface area contributed by atoms with Crippen LogP contribution in [0.5, 0.6) is 0 Å². The van der Waals surface area contributed by atoms with Crippen molar-refractivity contribution in [2.24, 2.45) is 0 Å². The molecule has 0 fully saturated rings. The van der Waals surface area contributed by atoms with E-state index in [0.717, 1.165) is 22.7 Å². The van der Waals surface area contributed by atoms with Gasteiger partial charge in [0.15, 0.2) is 10.8 Å². The number of nitrogens with one attached hydrogen (secondary N) is 2. The van der Waals surface area contributed by atoms with Crippen LogP contribution >= 0.6 is 11.3 Å². The highest BCUT2D eigenvalue weighted by Gasteiger charge is 2.18. The van der Waals surface area contributed by atoms with Crippen molar-refractivity contribution in [1.82, 2.24) is 15.2 Å². The number of hydrogen-bond acceptors (Lipinski definition) is 5. The van der Waals surface area contributed by atoms with E-state index in [1.807, 2.05) is 20.8 Å². The zero-order chi connectivity index (χ0) is 14.0. The molecule has 19 heavy (non-hydrogen) atoms. The third-order valence-electron chi connectivity index (χ3n) is 2.90. The molecule has 1 amide bonds. The minimum Gasteiger partial charge on any atom is -0.395 e. The van der Waals surface area contributed by atoms with Crippen LogP contribution in [0.4, 0.5) is 10.8 Å². The predicted molar refractivity (Wildman–Crippen MR) is 76.6 cm³/mol. The van der Waals surface area contributed by atoms with E-state index >= 15 is 0 Å². The molecule has 7 heteroatoms. The van der Waals surface area contributed by atoms with Crippen LogP contribution in [0.1, 0.15) is 40.6 Å². The molecule has 0 unspecified atom stereocenters. The van der Waals surface area contributed by atoms with Gasteiger partial charge in [-0.15, -0.1) is 11.3 Å². The number of nitrogens with two attached hydrogens (primary N) is 1. The fourth-order valence-electron chi connectivity index (χ4n) is 1.80. The van der Waals surface area contributed by atoms with E-state index in [1.165, 1.54) is 11.3 Å². The maximum atomic E-state index is 12.1. The van der Waals surface area contributed by atoms with E-state index in [1.54, 1.807) is 0 Å². The highest BCUT2D eigenvalue weighted by atomic mass is 32.1. The van der Waals surface area contributed by atoms with Crippen LogP contribution in [0.3, 0.4) is 0 Å². The van der Waals surface area contributed by atoms with E-state index in [2.05, 4.69) is 20.5 Å². The lowest BCUT2D eigenvalue weighted by molar-refractivity contribution is 0.102. The number of rotatable bonds is 4. The molecule has 0 bridgehead atoms. The largest absolute Gasteiger partial charge is 0.395 e. The number of hydrogen-bond donors (Lipinski definition) is 3. The molecule has 0 radical (unpaired) electrons. The van der Waals surface area contributed by atoms with Crippen molar-refractivity contribution in [1.29, 1.82) is 0 Å². The van der Waals surface area contributed by atoms with Crippen molar-refractivity contribution in [3.8, 4) is 0 Å². The molecule has 2 heterocycles. The Morgan fingerprint density at radius 1 is 1.42 bits per heavy atom. The van der Waals surface area contributed by atoms with Gasteiger partial charge in [0, 0.05) is 4.88 Å².